The zero-order valence-electron chi connectivity index (χ0n) is 6.91. The molecule has 1 fully saturated rings. The van der Waals surface area contributed by atoms with E-state index in [1.54, 1.807) is 0 Å². The van der Waals surface area contributed by atoms with Gasteiger partial charge in [0.25, 0.3) is 0 Å². The molecule has 0 spiro atoms. The molecule has 0 unspecified atom stereocenters. The molecular formula is C6H12N2O3S. The largest absolute Gasteiger partial charge is 0.355 e. The standard InChI is InChI=1S/C6H12N2O3S/c1-12(10,11)8-4-2-3-7-6(9)5-8/h2-5H2,1H3,(H,7,9). The molecule has 0 aromatic heterocycles. The summed E-state index contributed by atoms with van der Waals surface area (Å²) >= 11 is 0. The van der Waals surface area contributed by atoms with Gasteiger partial charge in [0.2, 0.25) is 15.9 Å². The number of carbonyl (C=O) groups excluding carboxylic acids is 1. The average molecular weight is 192 g/mol. The fourth-order valence-electron chi connectivity index (χ4n) is 1.06. The van der Waals surface area contributed by atoms with Crippen LogP contribution in [0.25, 0.3) is 0 Å². The summed E-state index contributed by atoms with van der Waals surface area (Å²) in [6, 6.07) is 0. The number of sulfonamides is 1. The SMILES string of the molecule is CS(=O)(=O)N1CCCNC(=O)C1. The van der Waals surface area contributed by atoms with Crippen molar-refractivity contribution >= 4 is 15.9 Å². The molecule has 1 heterocycles. The van der Waals surface area contributed by atoms with Gasteiger partial charge in [0.15, 0.2) is 0 Å². The average Bonchev–Trinajstić information content (AvgIpc) is 2.11. The molecule has 0 atom stereocenters. The third-order valence-electron chi connectivity index (χ3n) is 1.70. The molecule has 0 aliphatic carbocycles. The smallest absolute Gasteiger partial charge is 0.235 e. The van der Waals surface area contributed by atoms with Gasteiger partial charge < -0.3 is 5.32 Å². The Morgan fingerprint density at radius 3 is 2.75 bits per heavy atom. The molecule has 1 N–H and O–H groups in total. The second-order valence-corrected chi connectivity index (χ2v) is 4.78. The first-order valence-electron chi connectivity index (χ1n) is 3.72. The van der Waals surface area contributed by atoms with E-state index in [0.717, 1.165) is 6.26 Å². The van der Waals surface area contributed by atoms with Crippen LogP contribution in [0.4, 0.5) is 0 Å². The van der Waals surface area contributed by atoms with Crippen LogP contribution in [-0.2, 0) is 14.8 Å². The topological polar surface area (TPSA) is 66.5 Å². The summed E-state index contributed by atoms with van der Waals surface area (Å²) < 4.78 is 23.3. The summed E-state index contributed by atoms with van der Waals surface area (Å²) in [5.74, 6) is -0.224. The number of carbonyl (C=O) groups is 1. The van der Waals surface area contributed by atoms with Crippen LogP contribution in [0.2, 0.25) is 0 Å². The van der Waals surface area contributed by atoms with Gasteiger partial charge in [-0.15, -0.1) is 0 Å². The normalized spacial score (nSPS) is 21.6. The fourth-order valence-corrected chi connectivity index (χ4v) is 1.87. The Kier molecular flexibility index (Phi) is 2.69. The molecule has 0 radical (unpaired) electrons. The molecule has 1 saturated heterocycles. The van der Waals surface area contributed by atoms with Crippen molar-refractivity contribution in [2.45, 2.75) is 6.42 Å². The van der Waals surface area contributed by atoms with Crippen molar-refractivity contribution in [1.82, 2.24) is 9.62 Å². The van der Waals surface area contributed by atoms with E-state index in [0.29, 0.717) is 19.5 Å². The first kappa shape index (κ1) is 9.47. The van der Waals surface area contributed by atoms with Crippen LogP contribution in [0.3, 0.4) is 0 Å². The lowest BCUT2D eigenvalue weighted by molar-refractivity contribution is -0.120. The zero-order valence-corrected chi connectivity index (χ0v) is 7.73. The first-order valence-corrected chi connectivity index (χ1v) is 5.57. The van der Waals surface area contributed by atoms with Crippen molar-refractivity contribution in [3.05, 3.63) is 0 Å². The van der Waals surface area contributed by atoms with Crippen LogP contribution in [0.5, 0.6) is 0 Å². The van der Waals surface area contributed by atoms with Gasteiger partial charge >= 0.3 is 0 Å². The van der Waals surface area contributed by atoms with Gasteiger partial charge in [0, 0.05) is 13.1 Å². The minimum absolute atomic E-state index is 0.0428. The minimum Gasteiger partial charge on any atom is -0.355 e. The van der Waals surface area contributed by atoms with Crippen LogP contribution >= 0.6 is 0 Å². The molecule has 6 heteroatoms. The Labute approximate surface area is 71.8 Å². The highest BCUT2D eigenvalue weighted by Gasteiger charge is 2.21. The van der Waals surface area contributed by atoms with Crippen LogP contribution < -0.4 is 5.32 Å². The van der Waals surface area contributed by atoms with Crippen LogP contribution in [0, 0.1) is 0 Å². The van der Waals surface area contributed by atoms with Gasteiger partial charge in [0.1, 0.15) is 0 Å². The number of hydrogen-bond donors (Lipinski definition) is 1. The van der Waals surface area contributed by atoms with Crippen molar-refractivity contribution < 1.29 is 13.2 Å². The van der Waals surface area contributed by atoms with Gasteiger partial charge in [-0.3, -0.25) is 4.79 Å². The Morgan fingerprint density at radius 2 is 2.17 bits per heavy atom. The Balaban J connectivity index is 2.71. The monoisotopic (exact) mass is 192 g/mol. The zero-order chi connectivity index (χ0) is 9.19. The summed E-state index contributed by atoms with van der Waals surface area (Å²) in [4.78, 5) is 10.9. The predicted octanol–water partition coefficient (Wildman–Crippen LogP) is -1.23. The second-order valence-electron chi connectivity index (χ2n) is 2.80. The van der Waals surface area contributed by atoms with E-state index in [9.17, 15) is 13.2 Å². The van der Waals surface area contributed by atoms with E-state index in [2.05, 4.69) is 5.32 Å². The van der Waals surface area contributed by atoms with Crippen molar-refractivity contribution in [1.29, 1.82) is 0 Å². The Hall–Kier alpha value is -0.620. The van der Waals surface area contributed by atoms with E-state index < -0.39 is 10.0 Å². The highest BCUT2D eigenvalue weighted by atomic mass is 32.2. The highest BCUT2D eigenvalue weighted by molar-refractivity contribution is 7.88. The van der Waals surface area contributed by atoms with Gasteiger partial charge in [-0.05, 0) is 6.42 Å². The maximum absolute atomic E-state index is 11.0. The summed E-state index contributed by atoms with van der Waals surface area (Å²) in [7, 11) is -3.21. The van der Waals surface area contributed by atoms with E-state index >= 15 is 0 Å². The van der Waals surface area contributed by atoms with Crippen LogP contribution in [-0.4, -0.2) is 44.5 Å². The quantitative estimate of drug-likeness (QED) is 0.565. The maximum Gasteiger partial charge on any atom is 0.235 e. The van der Waals surface area contributed by atoms with Crippen LogP contribution in [0.1, 0.15) is 6.42 Å². The van der Waals surface area contributed by atoms with Crippen molar-refractivity contribution in [3.63, 3.8) is 0 Å². The van der Waals surface area contributed by atoms with Crippen LogP contribution in [0.15, 0.2) is 0 Å². The number of amides is 1. The minimum atomic E-state index is -3.21. The van der Waals surface area contributed by atoms with E-state index in [1.165, 1.54) is 4.31 Å². The van der Waals surface area contributed by atoms with E-state index in [4.69, 9.17) is 0 Å². The molecule has 12 heavy (non-hydrogen) atoms. The molecule has 1 aliphatic heterocycles. The molecule has 1 rings (SSSR count). The number of nitrogens with one attached hydrogen (secondary N) is 1. The molecule has 0 saturated carbocycles. The molecule has 0 aromatic rings. The molecule has 70 valence electrons. The maximum atomic E-state index is 11.0. The number of rotatable bonds is 1. The summed E-state index contributed by atoms with van der Waals surface area (Å²) in [5.41, 5.74) is 0. The lowest BCUT2D eigenvalue weighted by Gasteiger charge is -2.14. The molecule has 1 aliphatic rings. The number of hydrogen-bond acceptors (Lipinski definition) is 3. The van der Waals surface area contributed by atoms with Crippen molar-refractivity contribution in [3.8, 4) is 0 Å². The lowest BCUT2D eigenvalue weighted by Crippen LogP contribution is -2.36. The first-order chi connectivity index (χ1) is 5.50. The summed E-state index contributed by atoms with van der Waals surface area (Å²) in [6.07, 6.45) is 1.80. The van der Waals surface area contributed by atoms with Gasteiger partial charge in [-0.25, -0.2) is 8.42 Å². The third-order valence-corrected chi connectivity index (χ3v) is 2.95. The van der Waals surface area contributed by atoms with Crippen molar-refractivity contribution in [2.75, 3.05) is 25.9 Å². The second kappa shape index (κ2) is 3.40. The third kappa shape index (κ3) is 2.46. The molecule has 5 nitrogen and oxygen atoms in total. The highest BCUT2D eigenvalue weighted by Crippen LogP contribution is 2.01. The Morgan fingerprint density at radius 1 is 1.50 bits per heavy atom. The number of nitrogens with zero attached hydrogens (tertiary/aromatic N) is 1. The van der Waals surface area contributed by atoms with E-state index in [1.807, 2.05) is 0 Å². The fraction of sp³-hybridized carbons (Fsp3) is 0.833. The Bertz CT molecular complexity index is 273. The molecular weight excluding hydrogens is 180 g/mol. The van der Waals surface area contributed by atoms with Gasteiger partial charge in [-0.1, -0.05) is 0 Å². The molecule has 0 bridgehead atoms. The molecule has 0 aromatic carbocycles. The van der Waals surface area contributed by atoms with Gasteiger partial charge in [-0.2, -0.15) is 4.31 Å². The predicted molar refractivity (Wildman–Crippen MR) is 44.0 cm³/mol. The molecule has 1 amide bonds. The lowest BCUT2D eigenvalue weighted by atomic mass is 10.4. The van der Waals surface area contributed by atoms with Crippen molar-refractivity contribution in [2.24, 2.45) is 0 Å². The summed E-state index contributed by atoms with van der Waals surface area (Å²) in [5, 5.41) is 2.60. The summed E-state index contributed by atoms with van der Waals surface area (Å²) in [6.45, 7) is 0.946. The van der Waals surface area contributed by atoms with Gasteiger partial charge in [0.05, 0.1) is 12.8 Å². The van der Waals surface area contributed by atoms with E-state index in [-0.39, 0.29) is 12.5 Å².